The van der Waals surface area contributed by atoms with Crippen molar-refractivity contribution >= 4 is 17.8 Å². The number of likely N-dealkylation sites (tertiary alicyclic amines) is 1. The Morgan fingerprint density at radius 2 is 1.92 bits per heavy atom. The molecular formula is C17H25N3O5. The Morgan fingerprint density at radius 3 is 2.40 bits per heavy atom. The number of piperidine rings is 1. The molecule has 8 heteroatoms. The fraction of sp³-hybridized carbons (Fsp3) is 0.647. The first-order valence-electron chi connectivity index (χ1n) is 8.33. The molecule has 0 spiro atoms. The van der Waals surface area contributed by atoms with Gasteiger partial charge in [-0.3, -0.25) is 14.4 Å². The standard InChI is InChI=1S/C17H25N3O5/c1-17(2,3)13-9-12(18-25-13)15(22)19(4)10-14(21)20-7-5-11(6-8-20)16(23)24/h9,11H,5-8,10H2,1-4H3,(H,23,24). The van der Waals surface area contributed by atoms with E-state index in [1.54, 1.807) is 11.0 Å². The lowest BCUT2D eigenvalue weighted by molar-refractivity contribution is -0.145. The molecule has 1 aromatic rings. The van der Waals surface area contributed by atoms with E-state index in [1.165, 1.54) is 11.9 Å². The molecule has 1 saturated heterocycles. The average Bonchev–Trinajstić information content (AvgIpc) is 3.04. The van der Waals surface area contributed by atoms with Gasteiger partial charge >= 0.3 is 5.97 Å². The number of carboxylic acid groups (broad SMARTS) is 1. The van der Waals surface area contributed by atoms with Gasteiger partial charge in [-0.25, -0.2) is 0 Å². The van der Waals surface area contributed by atoms with Crippen LogP contribution in [-0.4, -0.2) is 64.5 Å². The van der Waals surface area contributed by atoms with Crippen molar-refractivity contribution in [2.45, 2.75) is 39.0 Å². The third-order valence-electron chi connectivity index (χ3n) is 4.38. The van der Waals surface area contributed by atoms with Crippen LogP contribution < -0.4 is 0 Å². The van der Waals surface area contributed by atoms with Crippen molar-refractivity contribution in [2.75, 3.05) is 26.7 Å². The van der Waals surface area contributed by atoms with Crippen LogP contribution in [-0.2, 0) is 15.0 Å². The van der Waals surface area contributed by atoms with Gasteiger partial charge in [0.15, 0.2) is 5.69 Å². The molecule has 8 nitrogen and oxygen atoms in total. The van der Waals surface area contributed by atoms with E-state index in [1.807, 2.05) is 20.8 Å². The maximum Gasteiger partial charge on any atom is 0.306 e. The van der Waals surface area contributed by atoms with Gasteiger partial charge < -0.3 is 19.4 Å². The molecule has 25 heavy (non-hydrogen) atoms. The van der Waals surface area contributed by atoms with E-state index in [4.69, 9.17) is 9.63 Å². The molecule has 0 saturated carbocycles. The van der Waals surface area contributed by atoms with Gasteiger partial charge in [-0.1, -0.05) is 25.9 Å². The fourth-order valence-corrected chi connectivity index (χ4v) is 2.68. The summed E-state index contributed by atoms with van der Waals surface area (Å²) in [5.41, 5.74) is -0.0844. The number of aliphatic carboxylic acids is 1. The number of carboxylic acids is 1. The van der Waals surface area contributed by atoms with Crippen molar-refractivity contribution < 1.29 is 24.0 Å². The summed E-state index contributed by atoms with van der Waals surface area (Å²) in [6.45, 7) is 6.58. The zero-order valence-electron chi connectivity index (χ0n) is 15.1. The number of carbonyl (C=O) groups is 3. The Morgan fingerprint density at radius 1 is 1.32 bits per heavy atom. The van der Waals surface area contributed by atoms with Gasteiger partial charge in [0.25, 0.3) is 5.91 Å². The maximum atomic E-state index is 12.4. The van der Waals surface area contributed by atoms with Gasteiger partial charge in [-0.05, 0) is 12.8 Å². The van der Waals surface area contributed by atoms with Crippen LogP contribution in [0.1, 0.15) is 49.9 Å². The van der Waals surface area contributed by atoms with Crippen molar-refractivity contribution in [3.05, 3.63) is 17.5 Å². The Balaban J connectivity index is 1.92. The molecule has 1 aliphatic heterocycles. The van der Waals surface area contributed by atoms with Gasteiger partial charge in [0.1, 0.15) is 5.76 Å². The van der Waals surface area contributed by atoms with Gasteiger partial charge in [-0.2, -0.15) is 0 Å². The molecule has 2 heterocycles. The van der Waals surface area contributed by atoms with E-state index in [-0.39, 0.29) is 29.5 Å². The highest BCUT2D eigenvalue weighted by Gasteiger charge is 2.29. The molecule has 0 aliphatic carbocycles. The minimum absolute atomic E-state index is 0.0751. The summed E-state index contributed by atoms with van der Waals surface area (Å²) >= 11 is 0. The minimum atomic E-state index is -0.819. The second-order valence-electron chi connectivity index (χ2n) is 7.48. The molecule has 1 N–H and O–H groups in total. The van der Waals surface area contributed by atoms with Gasteiger partial charge in [0.2, 0.25) is 5.91 Å². The Kier molecular flexibility index (Phi) is 5.49. The molecule has 0 aromatic carbocycles. The number of amides is 2. The molecule has 1 aliphatic rings. The lowest BCUT2D eigenvalue weighted by atomic mass is 9.93. The Hall–Kier alpha value is -2.38. The van der Waals surface area contributed by atoms with Crippen LogP contribution >= 0.6 is 0 Å². The van der Waals surface area contributed by atoms with E-state index in [2.05, 4.69) is 5.16 Å². The molecule has 1 aromatic heterocycles. The molecule has 138 valence electrons. The number of rotatable bonds is 4. The molecule has 0 atom stereocenters. The van der Waals surface area contributed by atoms with Crippen molar-refractivity contribution in [1.82, 2.24) is 15.0 Å². The topological polar surface area (TPSA) is 104 Å². The van der Waals surface area contributed by atoms with Crippen LogP contribution in [0.4, 0.5) is 0 Å². The first kappa shape index (κ1) is 19.0. The first-order valence-corrected chi connectivity index (χ1v) is 8.33. The molecular weight excluding hydrogens is 326 g/mol. The van der Waals surface area contributed by atoms with E-state index in [0.717, 1.165) is 0 Å². The highest BCUT2D eigenvalue weighted by atomic mass is 16.5. The average molecular weight is 351 g/mol. The van der Waals surface area contributed by atoms with Crippen LogP contribution in [0.25, 0.3) is 0 Å². The van der Waals surface area contributed by atoms with Gasteiger partial charge in [0.05, 0.1) is 12.5 Å². The fourth-order valence-electron chi connectivity index (χ4n) is 2.68. The summed E-state index contributed by atoms with van der Waals surface area (Å²) in [6.07, 6.45) is 0.883. The summed E-state index contributed by atoms with van der Waals surface area (Å²) in [4.78, 5) is 38.6. The van der Waals surface area contributed by atoms with Crippen LogP contribution in [0.5, 0.6) is 0 Å². The predicted molar refractivity (Wildman–Crippen MR) is 89.1 cm³/mol. The molecule has 1 fully saturated rings. The zero-order valence-corrected chi connectivity index (χ0v) is 15.1. The van der Waals surface area contributed by atoms with Crippen molar-refractivity contribution in [3.63, 3.8) is 0 Å². The van der Waals surface area contributed by atoms with Crippen molar-refractivity contribution in [1.29, 1.82) is 0 Å². The monoisotopic (exact) mass is 351 g/mol. The molecule has 2 rings (SSSR count). The smallest absolute Gasteiger partial charge is 0.306 e. The number of nitrogens with zero attached hydrogens (tertiary/aromatic N) is 3. The van der Waals surface area contributed by atoms with E-state index in [9.17, 15) is 14.4 Å². The Labute approximate surface area is 146 Å². The van der Waals surface area contributed by atoms with Gasteiger partial charge in [0, 0.05) is 31.6 Å². The second kappa shape index (κ2) is 7.25. The van der Waals surface area contributed by atoms with Crippen LogP contribution in [0, 0.1) is 5.92 Å². The molecule has 2 amide bonds. The number of hydrogen-bond donors (Lipinski definition) is 1. The summed E-state index contributed by atoms with van der Waals surface area (Å²) < 4.78 is 5.21. The van der Waals surface area contributed by atoms with Crippen LogP contribution in [0.2, 0.25) is 0 Å². The highest BCUT2D eigenvalue weighted by molar-refractivity contribution is 5.94. The van der Waals surface area contributed by atoms with E-state index < -0.39 is 11.9 Å². The number of carbonyl (C=O) groups excluding carboxylic acids is 2. The van der Waals surface area contributed by atoms with E-state index in [0.29, 0.717) is 31.7 Å². The summed E-state index contributed by atoms with van der Waals surface area (Å²) in [5.74, 6) is -1.19. The Bertz CT molecular complexity index is 653. The van der Waals surface area contributed by atoms with Crippen LogP contribution in [0.15, 0.2) is 10.6 Å². The minimum Gasteiger partial charge on any atom is -0.481 e. The quantitative estimate of drug-likeness (QED) is 0.878. The third-order valence-corrected chi connectivity index (χ3v) is 4.38. The largest absolute Gasteiger partial charge is 0.481 e. The molecule has 0 radical (unpaired) electrons. The zero-order chi connectivity index (χ0) is 18.8. The van der Waals surface area contributed by atoms with Gasteiger partial charge in [-0.15, -0.1) is 0 Å². The molecule has 0 unspecified atom stereocenters. The maximum absolute atomic E-state index is 12.4. The summed E-state index contributed by atoms with van der Waals surface area (Å²) in [5, 5.41) is 12.8. The lowest BCUT2D eigenvalue weighted by Crippen LogP contribution is -2.45. The SMILES string of the molecule is CN(CC(=O)N1CCC(C(=O)O)CC1)C(=O)c1cc(C(C)(C)C)on1. The summed E-state index contributed by atoms with van der Waals surface area (Å²) in [6, 6.07) is 1.60. The lowest BCUT2D eigenvalue weighted by Gasteiger charge is -2.31. The highest BCUT2D eigenvalue weighted by Crippen LogP contribution is 2.23. The number of aromatic nitrogens is 1. The number of hydrogen-bond acceptors (Lipinski definition) is 5. The van der Waals surface area contributed by atoms with Crippen molar-refractivity contribution in [2.24, 2.45) is 5.92 Å². The third kappa shape index (κ3) is 4.58. The van der Waals surface area contributed by atoms with Crippen LogP contribution in [0.3, 0.4) is 0 Å². The van der Waals surface area contributed by atoms with Crippen molar-refractivity contribution in [3.8, 4) is 0 Å². The molecule has 0 bridgehead atoms. The first-order chi connectivity index (χ1) is 11.6. The summed E-state index contributed by atoms with van der Waals surface area (Å²) in [7, 11) is 1.54. The van der Waals surface area contributed by atoms with E-state index >= 15 is 0 Å². The normalized spacial score (nSPS) is 15.9. The second-order valence-corrected chi connectivity index (χ2v) is 7.48. The predicted octanol–water partition coefficient (Wildman–Crippen LogP) is 1.37. The number of likely N-dealkylation sites (N-methyl/N-ethyl adjacent to an activating group) is 1.